The molecule has 0 aliphatic heterocycles. The average molecular weight is 266 g/mol. The molecule has 0 radical (unpaired) electrons. The molecule has 1 aliphatic rings. The zero-order valence-electron chi connectivity index (χ0n) is 10.8. The number of ketones is 1. The predicted molar refractivity (Wildman–Crippen MR) is 71.2 cm³/mol. The lowest BCUT2D eigenvalue weighted by Crippen LogP contribution is -2.20. The summed E-state index contributed by atoms with van der Waals surface area (Å²) < 4.78 is 24.4. The molecule has 0 aromatic heterocycles. The molecule has 1 aliphatic carbocycles. The molecule has 1 fully saturated rings. The monoisotopic (exact) mass is 266 g/mol. The van der Waals surface area contributed by atoms with E-state index in [1.54, 1.807) is 0 Å². The van der Waals surface area contributed by atoms with Crippen LogP contribution in [0.15, 0.2) is 18.2 Å². The molecule has 1 unspecified atom stereocenters. The lowest BCUT2D eigenvalue weighted by atomic mass is 10.1. The number of hydrogen-bond donors (Lipinski definition) is 0. The van der Waals surface area contributed by atoms with Crippen molar-refractivity contribution in [3.63, 3.8) is 0 Å². The number of aryl methyl sites for hydroxylation is 2. The number of carbonyl (C=O) groups is 1. The minimum atomic E-state index is -3.20. The third-order valence-corrected chi connectivity index (χ3v) is 5.51. The maximum atomic E-state index is 12.2. The summed E-state index contributed by atoms with van der Waals surface area (Å²) in [5.74, 6) is 0.122. The number of rotatable bonds is 3. The van der Waals surface area contributed by atoms with E-state index >= 15 is 0 Å². The lowest BCUT2D eigenvalue weighted by Gasteiger charge is -2.11. The summed E-state index contributed by atoms with van der Waals surface area (Å²) in [6.07, 6.45) is 1.11. The van der Waals surface area contributed by atoms with E-state index in [1.165, 1.54) is 0 Å². The molecule has 2 rings (SSSR count). The Labute approximate surface area is 108 Å². The number of sulfone groups is 1. The highest BCUT2D eigenvalue weighted by Gasteiger charge is 2.33. The van der Waals surface area contributed by atoms with E-state index in [4.69, 9.17) is 0 Å². The Balaban J connectivity index is 2.19. The first-order chi connectivity index (χ1) is 8.37. The Kier molecular flexibility index (Phi) is 3.57. The largest absolute Gasteiger partial charge is 0.300 e. The predicted octanol–water partition coefficient (Wildman–Crippen LogP) is 2.34. The fraction of sp³-hybridized carbons (Fsp3) is 0.500. The topological polar surface area (TPSA) is 51.2 Å². The van der Waals surface area contributed by atoms with Crippen molar-refractivity contribution in [2.75, 3.05) is 0 Å². The van der Waals surface area contributed by atoms with Crippen LogP contribution in [0.3, 0.4) is 0 Å². The van der Waals surface area contributed by atoms with Gasteiger partial charge in [0.15, 0.2) is 9.84 Å². The summed E-state index contributed by atoms with van der Waals surface area (Å²) in [5.41, 5.74) is 2.97. The maximum absolute atomic E-state index is 12.2. The molecule has 3 nitrogen and oxygen atoms in total. The van der Waals surface area contributed by atoms with E-state index in [-0.39, 0.29) is 18.0 Å². The number of Topliss-reactive ketones (excluding diaryl/α,β-unsaturated/α-hetero) is 1. The van der Waals surface area contributed by atoms with Crippen molar-refractivity contribution in [2.45, 2.75) is 44.1 Å². The second-order valence-electron chi connectivity index (χ2n) is 5.21. The Morgan fingerprint density at radius 1 is 1.17 bits per heavy atom. The van der Waals surface area contributed by atoms with Crippen molar-refractivity contribution < 1.29 is 13.2 Å². The van der Waals surface area contributed by atoms with E-state index in [9.17, 15) is 13.2 Å². The Bertz CT molecular complexity index is 552. The van der Waals surface area contributed by atoms with Crippen LogP contribution in [0.2, 0.25) is 0 Å². The van der Waals surface area contributed by atoms with Crippen LogP contribution in [0.25, 0.3) is 0 Å². The van der Waals surface area contributed by atoms with Gasteiger partial charge in [-0.1, -0.05) is 29.3 Å². The van der Waals surface area contributed by atoms with Gasteiger partial charge >= 0.3 is 0 Å². The standard InChI is InChI=1S/C14H18O3S/c1-10-5-11(2)7-12(6-10)9-18(16,17)14-4-3-13(15)8-14/h5-7,14H,3-4,8-9H2,1-2H3. The normalized spacial score (nSPS) is 20.3. The van der Waals surface area contributed by atoms with Crippen molar-refractivity contribution in [1.82, 2.24) is 0 Å². The molecule has 98 valence electrons. The van der Waals surface area contributed by atoms with Crippen molar-refractivity contribution in [3.8, 4) is 0 Å². The van der Waals surface area contributed by atoms with Gasteiger partial charge in [0.05, 0.1) is 11.0 Å². The first kappa shape index (κ1) is 13.3. The maximum Gasteiger partial charge on any atom is 0.157 e. The Hall–Kier alpha value is -1.16. The van der Waals surface area contributed by atoms with Gasteiger partial charge in [-0.05, 0) is 25.8 Å². The minimum Gasteiger partial charge on any atom is -0.300 e. The molecule has 1 saturated carbocycles. The summed E-state index contributed by atoms with van der Waals surface area (Å²) in [4.78, 5) is 11.2. The molecule has 0 spiro atoms. The van der Waals surface area contributed by atoms with Gasteiger partial charge in [0, 0.05) is 12.8 Å². The van der Waals surface area contributed by atoms with Crippen LogP contribution >= 0.6 is 0 Å². The molecule has 0 bridgehead atoms. The minimum absolute atomic E-state index is 0.0491. The molecule has 1 atom stereocenters. The number of benzene rings is 1. The highest BCUT2D eigenvalue weighted by atomic mass is 32.2. The second-order valence-corrected chi connectivity index (χ2v) is 7.49. The van der Waals surface area contributed by atoms with Gasteiger partial charge in [0.2, 0.25) is 0 Å². The molecule has 0 N–H and O–H groups in total. The van der Waals surface area contributed by atoms with Crippen molar-refractivity contribution in [1.29, 1.82) is 0 Å². The van der Waals surface area contributed by atoms with Crippen molar-refractivity contribution in [2.24, 2.45) is 0 Å². The van der Waals surface area contributed by atoms with Crippen LogP contribution in [0.1, 0.15) is 36.0 Å². The highest BCUT2D eigenvalue weighted by molar-refractivity contribution is 7.91. The van der Waals surface area contributed by atoms with Gasteiger partial charge < -0.3 is 0 Å². The van der Waals surface area contributed by atoms with Gasteiger partial charge in [-0.3, -0.25) is 4.79 Å². The number of carbonyl (C=O) groups excluding carboxylic acids is 1. The summed E-state index contributed by atoms with van der Waals surface area (Å²) in [5, 5.41) is -0.467. The fourth-order valence-electron chi connectivity index (χ4n) is 2.59. The highest BCUT2D eigenvalue weighted by Crippen LogP contribution is 2.25. The molecule has 0 saturated heterocycles. The molecular weight excluding hydrogens is 248 g/mol. The zero-order chi connectivity index (χ0) is 13.3. The Morgan fingerprint density at radius 2 is 1.78 bits per heavy atom. The van der Waals surface area contributed by atoms with Crippen LogP contribution in [0.4, 0.5) is 0 Å². The molecular formula is C14H18O3S. The second kappa shape index (κ2) is 4.84. The van der Waals surface area contributed by atoms with Crippen molar-refractivity contribution in [3.05, 3.63) is 34.9 Å². The molecule has 0 amide bonds. The van der Waals surface area contributed by atoms with Crippen LogP contribution in [0.5, 0.6) is 0 Å². The summed E-state index contributed by atoms with van der Waals surface area (Å²) in [6.45, 7) is 3.92. The first-order valence-electron chi connectivity index (χ1n) is 6.17. The fourth-order valence-corrected chi connectivity index (χ4v) is 4.37. The van der Waals surface area contributed by atoms with E-state index in [0.29, 0.717) is 12.8 Å². The average Bonchev–Trinajstić information content (AvgIpc) is 2.62. The lowest BCUT2D eigenvalue weighted by molar-refractivity contribution is -0.117. The third-order valence-electron chi connectivity index (χ3n) is 3.36. The first-order valence-corrected chi connectivity index (χ1v) is 7.89. The zero-order valence-corrected chi connectivity index (χ0v) is 11.6. The van der Waals surface area contributed by atoms with Gasteiger partial charge in [-0.2, -0.15) is 0 Å². The molecule has 0 heterocycles. The number of hydrogen-bond acceptors (Lipinski definition) is 3. The quantitative estimate of drug-likeness (QED) is 0.843. The smallest absolute Gasteiger partial charge is 0.157 e. The van der Waals surface area contributed by atoms with Gasteiger partial charge in [0.1, 0.15) is 5.78 Å². The third kappa shape index (κ3) is 2.99. The van der Waals surface area contributed by atoms with Gasteiger partial charge in [0.25, 0.3) is 0 Å². The SMILES string of the molecule is Cc1cc(C)cc(CS(=O)(=O)C2CCC(=O)C2)c1. The van der Waals surface area contributed by atoms with Gasteiger partial charge in [-0.25, -0.2) is 8.42 Å². The van der Waals surface area contributed by atoms with Crippen LogP contribution < -0.4 is 0 Å². The molecule has 1 aromatic carbocycles. The molecule has 18 heavy (non-hydrogen) atoms. The molecule has 1 aromatic rings. The summed E-state index contributed by atoms with van der Waals surface area (Å²) in [7, 11) is -3.20. The van der Waals surface area contributed by atoms with Crippen LogP contribution in [-0.2, 0) is 20.4 Å². The summed E-state index contributed by atoms with van der Waals surface area (Å²) >= 11 is 0. The van der Waals surface area contributed by atoms with Crippen molar-refractivity contribution >= 4 is 15.6 Å². The van der Waals surface area contributed by atoms with E-state index < -0.39 is 15.1 Å². The Morgan fingerprint density at radius 3 is 2.28 bits per heavy atom. The van der Waals surface area contributed by atoms with Crippen LogP contribution in [0, 0.1) is 13.8 Å². The van der Waals surface area contributed by atoms with Gasteiger partial charge in [-0.15, -0.1) is 0 Å². The van der Waals surface area contributed by atoms with Crippen LogP contribution in [-0.4, -0.2) is 19.5 Å². The molecule has 4 heteroatoms. The summed E-state index contributed by atoms with van der Waals surface area (Å²) in [6, 6.07) is 5.83. The van der Waals surface area contributed by atoms with E-state index in [0.717, 1.165) is 16.7 Å². The van der Waals surface area contributed by atoms with E-state index in [1.807, 2.05) is 32.0 Å². The van der Waals surface area contributed by atoms with E-state index in [2.05, 4.69) is 0 Å².